The fourth-order valence-electron chi connectivity index (χ4n) is 1.95. The van der Waals surface area contributed by atoms with Crippen molar-refractivity contribution in [1.82, 2.24) is 4.90 Å². The van der Waals surface area contributed by atoms with E-state index < -0.39 is 11.9 Å². The van der Waals surface area contributed by atoms with Crippen LogP contribution in [-0.2, 0) is 9.59 Å². The number of rotatable bonds is 7. The number of amides is 2. The zero-order chi connectivity index (χ0) is 16.0. The number of primary amides is 1. The Morgan fingerprint density at radius 2 is 2.10 bits per heavy atom. The topological polar surface area (TPSA) is 111 Å². The number of nitrogens with one attached hydrogen (secondary N) is 1. The summed E-state index contributed by atoms with van der Waals surface area (Å²) < 4.78 is 5.17. The molecule has 5 N–H and O–H groups in total. The standard InChI is InChI=1S/C14H22N4O3/c1-4-18(8-13(16)19)9(2)14(20)17-11-7-10(15)5-6-12(11)21-3/h5-7,9H,4,8,15H2,1-3H3,(H2,16,19)(H,17,20). The maximum Gasteiger partial charge on any atom is 0.241 e. The van der Waals surface area contributed by atoms with Crippen molar-refractivity contribution in [3.05, 3.63) is 18.2 Å². The van der Waals surface area contributed by atoms with E-state index in [0.29, 0.717) is 23.7 Å². The summed E-state index contributed by atoms with van der Waals surface area (Å²) in [6.45, 7) is 4.12. The van der Waals surface area contributed by atoms with Crippen molar-refractivity contribution in [2.75, 3.05) is 31.2 Å². The van der Waals surface area contributed by atoms with E-state index >= 15 is 0 Å². The molecule has 7 nitrogen and oxygen atoms in total. The molecule has 1 atom stereocenters. The van der Waals surface area contributed by atoms with Crippen molar-refractivity contribution in [3.63, 3.8) is 0 Å². The molecule has 0 saturated carbocycles. The second-order valence-corrected chi connectivity index (χ2v) is 4.65. The van der Waals surface area contributed by atoms with Crippen LogP contribution in [0.3, 0.4) is 0 Å². The van der Waals surface area contributed by atoms with Crippen LogP contribution in [-0.4, -0.2) is 43.0 Å². The van der Waals surface area contributed by atoms with E-state index in [1.54, 1.807) is 30.0 Å². The number of hydrogen-bond acceptors (Lipinski definition) is 5. The lowest BCUT2D eigenvalue weighted by molar-refractivity contribution is -0.123. The van der Waals surface area contributed by atoms with Gasteiger partial charge >= 0.3 is 0 Å². The molecular weight excluding hydrogens is 272 g/mol. The van der Waals surface area contributed by atoms with Crippen LogP contribution in [0.2, 0.25) is 0 Å². The van der Waals surface area contributed by atoms with Crippen LogP contribution >= 0.6 is 0 Å². The number of carbonyl (C=O) groups is 2. The van der Waals surface area contributed by atoms with E-state index in [1.165, 1.54) is 7.11 Å². The van der Waals surface area contributed by atoms with Crippen molar-refractivity contribution in [3.8, 4) is 5.75 Å². The molecule has 0 aliphatic rings. The van der Waals surface area contributed by atoms with Crippen LogP contribution in [0.25, 0.3) is 0 Å². The number of benzene rings is 1. The first-order chi connectivity index (χ1) is 9.88. The van der Waals surface area contributed by atoms with E-state index in [2.05, 4.69) is 5.32 Å². The van der Waals surface area contributed by atoms with Crippen LogP contribution in [0.1, 0.15) is 13.8 Å². The highest BCUT2D eigenvalue weighted by molar-refractivity contribution is 5.96. The van der Waals surface area contributed by atoms with Crippen molar-refractivity contribution in [1.29, 1.82) is 0 Å². The molecule has 7 heteroatoms. The van der Waals surface area contributed by atoms with Gasteiger partial charge in [0.15, 0.2) is 0 Å². The number of ether oxygens (including phenoxy) is 1. The number of carbonyl (C=O) groups excluding carboxylic acids is 2. The number of methoxy groups -OCH3 is 1. The average molecular weight is 294 g/mol. The lowest BCUT2D eigenvalue weighted by Crippen LogP contribution is -2.45. The third-order valence-corrected chi connectivity index (χ3v) is 3.17. The van der Waals surface area contributed by atoms with E-state index in [1.807, 2.05) is 6.92 Å². The zero-order valence-electron chi connectivity index (χ0n) is 12.6. The predicted molar refractivity (Wildman–Crippen MR) is 81.9 cm³/mol. The SMILES string of the molecule is CCN(CC(N)=O)C(C)C(=O)Nc1cc(N)ccc1OC. The molecule has 1 aromatic rings. The van der Waals surface area contributed by atoms with Gasteiger partial charge in [-0.25, -0.2) is 0 Å². The Labute approximate surface area is 124 Å². The van der Waals surface area contributed by atoms with Gasteiger partial charge in [0.05, 0.1) is 25.4 Å². The Bertz CT molecular complexity index is 519. The van der Waals surface area contributed by atoms with E-state index in [9.17, 15) is 9.59 Å². The summed E-state index contributed by atoms with van der Waals surface area (Å²) in [5, 5.41) is 2.75. The maximum atomic E-state index is 12.3. The number of anilines is 2. The number of nitrogens with two attached hydrogens (primary N) is 2. The van der Waals surface area contributed by atoms with Gasteiger partial charge in [0, 0.05) is 5.69 Å². The van der Waals surface area contributed by atoms with Gasteiger partial charge in [-0.15, -0.1) is 0 Å². The Hall–Kier alpha value is -2.28. The summed E-state index contributed by atoms with van der Waals surface area (Å²) in [6, 6.07) is 4.47. The van der Waals surface area contributed by atoms with Crippen LogP contribution in [0.5, 0.6) is 5.75 Å². The van der Waals surface area contributed by atoms with Crippen LogP contribution in [0.4, 0.5) is 11.4 Å². The number of likely N-dealkylation sites (N-methyl/N-ethyl adjacent to an activating group) is 1. The maximum absolute atomic E-state index is 12.3. The molecular formula is C14H22N4O3. The van der Waals surface area contributed by atoms with E-state index in [4.69, 9.17) is 16.2 Å². The lowest BCUT2D eigenvalue weighted by Gasteiger charge is -2.25. The molecule has 0 bridgehead atoms. The van der Waals surface area contributed by atoms with Gasteiger partial charge in [-0.05, 0) is 31.7 Å². The van der Waals surface area contributed by atoms with Gasteiger partial charge in [0.1, 0.15) is 5.75 Å². The van der Waals surface area contributed by atoms with Crippen molar-refractivity contribution in [2.24, 2.45) is 5.73 Å². The Morgan fingerprint density at radius 3 is 2.62 bits per heavy atom. The van der Waals surface area contributed by atoms with E-state index in [0.717, 1.165) is 0 Å². The van der Waals surface area contributed by atoms with Crippen molar-refractivity contribution in [2.45, 2.75) is 19.9 Å². The molecule has 1 unspecified atom stereocenters. The molecule has 0 aromatic heterocycles. The Kier molecular flexibility index (Phi) is 5.98. The first kappa shape index (κ1) is 16.8. The number of nitrogen functional groups attached to an aromatic ring is 1. The largest absolute Gasteiger partial charge is 0.495 e. The molecule has 21 heavy (non-hydrogen) atoms. The second kappa shape index (κ2) is 7.49. The quantitative estimate of drug-likeness (QED) is 0.631. The highest BCUT2D eigenvalue weighted by atomic mass is 16.5. The molecule has 0 radical (unpaired) electrons. The smallest absolute Gasteiger partial charge is 0.241 e. The van der Waals surface area contributed by atoms with Gasteiger partial charge in [0.2, 0.25) is 11.8 Å². The highest BCUT2D eigenvalue weighted by Crippen LogP contribution is 2.26. The molecule has 0 heterocycles. The van der Waals surface area contributed by atoms with Crippen LogP contribution in [0.15, 0.2) is 18.2 Å². The number of nitrogens with zero attached hydrogens (tertiary/aromatic N) is 1. The molecule has 1 rings (SSSR count). The fraction of sp³-hybridized carbons (Fsp3) is 0.429. The second-order valence-electron chi connectivity index (χ2n) is 4.65. The molecule has 0 fully saturated rings. The minimum atomic E-state index is -0.506. The summed E-state index contributed by atoms with van der Waals surface area (Å²) in [7, 11) is 1.51. The zero-order valence-corrected chi connectivity index (χ0v) is 12.6. The minimum Gasteiger partial charge on any atom is -0.495 e. The minimum absolute atomic E-state index is 0.0269. The summed E-state index contributed by atoms with van der Waals surface area (Å²) in [4.78, 5) is 25.0. The molecule has 0 spiro atoms. The third kappa shape index (κ3) is 4.64. The lowest BCUT2D eigenvalue weighted by atomic mass is 10.2. The Balaban J connectivity index is 2.84. The molecule has 0 aliphatic heterocycles. The highest BCUT2D eigenvalue weighted by Gasteiger charge is 2.22. The molecule has 1 aromatic carbocycles. The molecule has 0 saturated heterocycles. The average Bonchev–Trinajstić information content (AvgIpc) is 2.44. The van der Waals surface area contributed by atoms with Gasteiger partial charge in [-0.3, -0.25) is 14.5 Å². The van der Waals surface area contributed by atoms with Gasteiger partial charge in [0.25, 0.3) is 0 Å². The fourth-order valence-corrected chi connectivity index (χ4v) is 1.95. The predicted octanol–water partition coefficient (Wildman–Crippen LogP) is 0.412. The third-order valence-electron chi connectivity index (χ3n) is 3.17. The molecule has 0 aliphatic carbocycles. The molecule has 116 valence electrons. The number of hydrogen-bond donors (Lipinski definition) is 3. The summed E-state index contributed by atoms with van der Waals surface area (Å²) >= 11 is 0. The first-order valence-corrected chi connectivity index (χ1v) is 6.65. The van der Waals surface area contributed by atoms with Crippen molar-refractivity contribution < 1.29 is 14.3 Å². The van der Waals surface area contributed by atoms with Crippen LogP contribution < -0.4 is 21.5 Å². The van der Waals surface area contributed by atoms with Crippen LogP contribution in [0, 0.1) is 0 Å². The molecule has 2 amide bonds. The normalized spacial score (nSPS) is 12.0. The van der Waals surface area contributed by atoms with Gasteiger partial charge < -0.3 is 21.5 Å². The summed E-state index contributed by atoms with van der Waals surface area (Å²) in [5.74, 6) is -0.220. The van der Waals surface area contributed by atoms with E-state index in [-0.39, 0.29) is 12.5 Å². The summed E-state index contributed by atoms with van der Waals surface area (Å²) in [5.41, 5.74) is 11.9. The first-order valence-electron chi connectivity index (χ1n) is 6.65. The summed E-state index contributed by atoms with van der Waals surface area (Å²) in [6.07, 6.45) is 0. The van der Waals surface area contributed by atoms with Gasteiger partial charge in [-0.1, -0.05) is 6.92 Å². The Morgan fingerprint density at radius 1 is 1.43 bits per heavy atom. The van der Waals surface area contributed by atoms with Crippen molar-refractivity contribution >= 4 is 23.2 Å². The van der Waals surface area contributed by atoms with Gasteiger partial charge in [-0.2, -0.15) is 0 Å². The monoisotopic (exact) mass is 294 g/mol.